The van der Waals surface area contributed by atoms with Crippen molar-refractivity contribution in [3.8, 4) is 11.5 Å². The van der Waals surface area contributed by atoms with Crippen LogP contribution in [0.1, 0.15) is 59.5 Å². The average molecular weight is 914 g/mol. The number of ether oxygens (including phenoxy) is 7. The maximum absolute atomic E-state index is 14.5. The van der Waals surface area contributed by atoms with E-state index in [1.165, 1.54) is 4.73 Å². The fourth-order valence-electron chi connectivity index (χ4n) is 8.74. The first-order chi connectivity index (χ1) is 32.3. The van der Waals surface area contributed by atoms with Crippen molar-refractivity contribution in [1.29, 1.82) is 0 Å². The van der Waals surface area contributed by atoms with Gasteiger partial charge in [-0.15, -0.1) is 0 Å². The molecule has 2 amide bonds. The van der Waals surface area contributed by atoms with Gasteiger partial charge in [-0.1, -0.05) is 84.9 Å². The molecule has 0 spiro atoms. The van der Waals surface area contributed by atoms with Gasteiger partial charge in [0.15, 0.2) is 12.2 Å². The number of H-pyrrole nitrogens is 1. The fourth-order valence-corrected chi connectivity index (χ4v) is 8.74. The molecule has 0 unspecified atom stereocenters. The Morgan fingerprint density at radius 2 is 1.16 bits per heavy atom. The molecular weight excluding hydrogens is 871 g/mol. The minimum Gasteiger partial charge on any atom is -0.487 e. The van der Waals surface area contributed by atoms with Crippen molar-refractivity contribution in [2.75, 3.05) is 13.3 Å². The molecule has 2 aliphatic rings. The first kappa shape index (κ1) is 44.3. The molecule has 18 nitrogen and oxygen atoms in total. The monoisotopic (exact) mass is 913 g/mol. The largest absolute Gasteiger partial charge is 0.487 e. The maximum Gasteiger partial charge on any atom is 0.303 e. The van der Waals surface area contributed by atoms with Gasteiger partial charge >= 0.3 is 23.9 Å². The molecule has 344 valence electrons. The van der Waals surface area contributed by atoms with Crippen molar-refractivity contribution in [2.24, 2.45) is 0 Å². The normalized spacial score (nSPS) is 19.1. The van der Waals surface area contributed by atoms with Crippen LogP contribution in [0.15, 0.2) is 97.1 Å². The Morgan fingerprint density at radius 1 is 0.612 bits per heavy atom. The van der Waals surface area contributed by atoms with Gasteiger partial charge in [-0.05, 0) is 23.3 Å². The second-order valence-electron chi connectivity index (χ2n) is 15.9. The van der Waals surface area contributed by atoms with Crippen LogP contribution in [0.2, 0.25) is 0 Å². The lowest BCUT2D eigenvalue weighted by Gasteiger charge is -2.43. The minimum absolute atomic E-state index is 0.00923. The number of para-hydroxylation sites is 2. The van der Waals surface area contributed by atoms with E-state index < -0.39 is 79.7 Å². The molecule has 4 heterocycles. The zero-order valence-electron chi connectivity index (χ0n) is 36.5. The number of hydrogen-bond donors (Lipinski definition) is 2. The smallest absolute Gasteiger partial charge is 0.303 e. The standard InChI is InChI=1S/C49H43N3O15/c1-25(54)60-23-35-44(63-26(2)55)45(64-27(3)56)46(65-28(4)57)49(66-35)67-52-42-32(18-12-20-34(42)62-22-30-15-9-6-10-16-30)37-39-38(47(58)51(24-53)48(39)59)36-31-17-11-19-33(40(31)50-41(36)43(37)52)61-21-29-13-7-5-8-14-29/h5-20,35,44-46,49-50,53H,21-24H2,1-4H3/t35-,44-,45+,46-,49+/m1/s1. The number of benzene rings is 5. The Labute approximate surface area is 380 Å². The summed E-state index contributed by atoms with van der Waals surface area (Å²) < 4.78 is 43.1. The topological polar surface area (TPSA) is 220 Å². The molecule has 2 aliphatic heterocycles. The Morgan fingerprint density at radius 3 is 1.76 bits per heavy atom. The molecule has 0 radical (unpaired) electrons. The highest BCUT2D eigenvalue weighted by molar-refractivity contribution is 6.39. The van der Waals surface area contributed by atoms with E-state index in [0.717, 1.165) is 43.7 Å². The van der Waals surface area contributed by atoms with Gasteiger partial charge in [0.2, 0.25) is 6.10 Å². The van der Waals surface area contributed by atoms with E-state index in [0.29, 0.717) is 22.0 Å². The number of nitrogens with zero attached hydrogens (tertiary/aromatic N) is 2. The van der Waals surface area contributed by atoms with E-state index in [-0.39, 0.29) is 57.4 Å². The van der Waals surface area contributed by atoms with Crippen molar-refractivity contribution >= 4 is 79.3 Å². The molecule has 18 heteroatoms. The quantitative estimate of drug-likeness (QED) is 0.0766. The second-order valence-corrected chi connectivity index (χ2v) is 15.9. The number of rotatable bonds is 14. The lowest BCUT2D eigenvalue weighted by molar-refractivity contribution is -0.305. The van der Waals surface area contributed by atoms with Gasteiger partial charge in [0.25, 0.3) is 18.1 Å². The molecule has 2 aromatic heterocycles. The van der Waals surface area contributed by atoms with E-state index in [4.69, 9.17) is 38.0 Å². The third-order valence-electron chi connectivity index (χ3n) is 11.4. The maximum atomic E-state index is 14.5. The number of esters is 4. The van der Waals surface area contributed by atoms with E-state index in [2.05, 4.69) is 4.98 Å². The van der Waals surface area contributed by atoms with Gasteiger partial charge in [0.1, 0.15) is 55.2 Å². The van der Waals surface area contributed by atoms with Crippen LogP contribution in [0.25, 0.3) is 43.6 Å². The molecule has 5 aromatic carbocycles. The molecule has 1 fully saturated rings. The Kier molecular flexibility index (Phi) is 12.0. The molecule has 0 aliphatic carbocycles. The fraction of sp³-hybridized carbons (Fsp3) is 0.265. The lowest BCUT2D eigenvalue weighted by atomic mass is 9.96. The van der Waals surface area contributed by atoms with E-state index in [9.17, 15) is 33.9 Å². The number of carbonyl (C=O) groups is 6. The van der Waals surface area contributed by atoms with Crippen LogP contribution in [0.3, 0.4) is 0 Å². The lowest BCUT2D eigenvalue weighted by Crippen LogP contribution is -2.64. The van der Waals surface area contributed by atoms with Crippen molar-refractivity contribution < 1.29 is 71.9 Å². The van der Waals surface area contributed by atoms with Crippen LogP contribution in [0.4, 0.5) is 0 Å². The summed E-state index contributed by atoms with van der Waals surface area (Å²) in [7, 11) is 0. The van der Waals surface area contributed by atoms with Crippen molar-refractivity contribution in [1.82, 2.24) is 14.6 Å². The summed E-state index contributed by atoms with van der Waals surface area (Å²) >= 11 is 0. The second kappa shape index (κ2) is 18.1. The molecule has 1 saturated heterocycles. The summed E-state index contributed by atoms with van der Waals surface area (Å²) in [4.78, 5) is 90.5. The van der Waals surface area contributed by atoms with Gasteiger partial charge in [-0.2, -0.15) is 4.73 Å². The molecule has 67 heavy (non-hydrogen) atoms. The third kappa shape index (κ3) is 8.21. The number of imide groups is 1. The van der Waals surface area contributed by atoms with Gasteiger partial charge in [0.05, 0.1) is 22.2 Å². The Balaban J connectivity index is 1.34. The molecule has 9 rings (SSSR count). The molecule has 7 aromatic rings. The molecule has 5 atom stereocenters. The number of carbonyl (C=O) groups excluding carboxylic acids is 6. The van der Waals surface area contributed by atoms with Crippen LogP contribution in [-0.2, 0) is 56.1 Å². The number of aliphatic hydroxyl groups is 1. The highest BCUT2D eigenvalue weighted by Crippen LogP contribution is 2.48. The first-order valence-corrected chi connectivity index (χ1v) is 21.2. The first-order valence-electron chi connectivity index (χ1n) is 21.2. The van der Waals surface area contributed by atoms with Crippen LogP contribution in [-0.4, -0.2) is 99.5 Å². The van der Waals surface area contributed by atoms with Gasteiger partial charge in [0, 0.05) is 49.2 Å². The highest BCUT2D eigenvalue weighted by atomic mass is 16.8. The van der Waals surface area contributed by atoms with Gasteiger partial charge in [-0.25, -0.2) is 0 Å². The zero-order chi connectivity index (χ0) is 47.1. The number of aromatic nitrogens is 2. The summed E-state index contributed by atoms with van der Waals surface area (Å²) in [6.07, 6.45) is -7.88. The summed E-state index contributed by atoms with van der Waals surface area (Å²) in [5.74, 6) is -4.15. The number of aliphatic hydroxyl groups excluding tert-OH is 1. The Hall–Kier alpha value is -7.96. The number of nitrogens with one attached hydrogen (secondary N) is 1. The van der Waals surface area contributed by atoms with E-state index in [1.54, 1.807) is 36.4 Å². The van der Waals surface area contributed by atoms with Crippen LogP contribution < -0.4 is 14.3 Å². The minimum atomic E-state index is -1.76. The van der Waals surface area contributed by atoms with E-state index >= 15 is 0 Å². The van der Waals surface area contributed by atoms with Crippen molar-refractivity contribution in [2.45, 2.75) is 71.6 Å². The van der Waals surface area contributed by atoms with Crippen LogP contribution in [0.5, 0.6) is 11.5 Å². The summed E-state index contributed by atoms with van der Waals surface area (Å²) in [6.45, 7) is 3.27. The molecule has 0 bridgehead atoms. The number of fused-ring (bicyclic) bond motifs is 10. The van der Waals surface area contributed by atoms with E-state index in [1.807, 2.05) is 60.7 Å². The number of aromatic amines is 1. The summed E-state index contributed by atoms with van der Waals surface area (Å²) in [5, 5.41) is 11.8. The average Bonchev–Trinajstić information content (AvgIpc) is 3.93. The summed E-state index contributed by atoms with van der Waals surface area (Å²) in [6, 6.07) is 29.1. The Bertz CT molecular complexity index is 3110. The zero-order valence-corrected chi connectivity index (χ0v) is 36.5. The third-order valence-corrected chi connectivity index (χ3v) is 11.4. The predicted octanol–water partition coefficient (Wildman–Crippen LogP) is 5.64. The van der Waals surface area contributed by atoms with Gasteiger partial charge < -0.3 is 48.1 Å². The van der Waals surface area contributed by atoms with Crippen molar-refractivity contribution in [3.05, 3.63) is 119 Å². The predicted molar refractivity (Wildman–Crippen MR) is 236 cm³/mol. The number of hydrogen-bond acceptors (Lipinski definition) is 15. The van der Waals surface area contributed by atoms with Crippen LogP contribution >= 0.6 is 0 Å². The van der Waals surface area contributed by atoms with Crippen LogP contribution in [0, 0.1) is 0 Å². The van der Waals surface area contributed by atoms with Crippen molar-refractivity contribution in [3.63, 3.8) is 0 Å². The van der Waals surface area contributed by atoms with Gasteiger partial charge in [-0.3, -0.25) is 33.7 Å². The molecule has 0 saturated carbocycles. The highest BCUT2D eigenvalue weighted by Gasteiger charge is 2.54. The number of amides is 2. The molecular formula is C49H43N3O15. The SMILES string of the molecule is CC(=O)OC[C@H]1O[C@@H](On2c3c(OCc4ccccc4)cccc3c3c4c(c5c6cccc(OCc7ccccc7)c6[nH]c5c32)C(=O)N(CO)C4=O)[C@H](OC(C)=O)[C@@H](OC(C)=O)[C@@H]1OC(C)=O. The summed E-state index contributed by atoms with van der Waals surface area (Å²) in [5.41, 5.74) is 2.76. The molecule has 2 N–H and O–H groups in total.